The summed E-state index contributed by atoms with van der Waals surface area (Å²) in [7, 11) is 2.02. The van der Waals surface area contributed by atoms with Crippen molar-refractivity contribution in [2.24, 2.45) is 17.8 Å². The number of rotatable bonds is 3. The van der Waals surface area contributed by atoms with E-state index in [0.717, 1.165) is 44.2 Å². The van der Waals surface area contributed by atoms with Gasteiger partial charge in [-0.3, -0.25) is 4.79 Å². The number of piperidine rings is 1. The molecule has 0 radical (unpaired) electrons. The second-order valence-electron chi connectivity index (χ2n) is 6.62. The van der Waals surface area contributed by atoms with Crippen LogP contribution >= 0.6 is 0 Å². The Kier molecular flexibility index (Phi) is 3.60. The molecule has 1 aliphatic heterocycles. The molecular formula is C15H26N2O. The first-order chi connectivity index (χ1) is 8.74. The Hall–Kier alpha value is -0.570. The van der Waals surface area contributed by atoms with E-state index in [-0.39, 0.29) is 0 Å². The average Bonchev–Trinajstić information content (AvgIpc) is 3.01. The van der Waals surface area contributed by atoms with E-state index in [2.05, 4.69) is 5.32 Å². The first-order valence-corrected chi connectivity index (χ1v) is 7.70. The molecule has 1 amide bonds. The number of nitrogens with zero attached hydrogens (tertiary/aromatic N) is 1. The van der Waals surface area contributed by atoms with Crippen molar-refractivity contribution in [3.05, 3.63) is 0 Å². The molecule has 3 fully saturated rings. The van der Waals surface area contributed by atoms with Gasteiger partial charge in [-0.1, -0.05) is 6.42 Å². The highest BCUT2D eigenvalue weighted by Gasteiger charge is 2.40. The maximum Gasteiger partial charge on any atom is 0.222 e. The maximum atomic E-state index is 12.4. The lowest BCUT2D eigenvalue weighted by Gasteiger charge is -2.33. The Morgan fingerprint density at radius 3 is 2.56 bits per heavy atom. The van der Waals surface area contributed by atoms with Gasteiger partial charge in [0, 0.05) is 19.5 Å². The van der Waals surface area contributed by atoms with Crippen LogP contribution in [-0.4, -0.2) is 37.0 Å². The molecule has 2 saturated carbocycles. The molecule has 3 heteroatoms. The van der Waals surface area contributed by atoms with Crippen molar-refractivity contribution in [3.63, 3.8) is 0 Å². The second kappa shape index (κ2) is 5.20. The summed E-state index contributed by atoms with van der Waals surface area (Å²) < 4.78 is 0. The van der Waals surface area contributed by atoms with Crippen LogP contribution in [0.15, 0.2) is 0 Å². The second-order valence-corrected chi connectivity index (χ2v) is 6.62. The molecule has 0 spiro atoms. The number of carbonyl (C=O) groups excluding carboxylic acids is 1. The normalized spacial score (nSPS) is 35.9. The van der Waals surface area contributed by atoms with Crippen molar-refractivity contribution < 1.29 is 4.79 Å². The fourth-order valence-corrected chi connectivity index (χ4v) is 4.39. The Balaban J connectivity index is 1.51. The van der Waals surface area contributed by atoms with Gasteiger partial charge in [0.05, 0.1) is 0 Å². The van der Waals surface area contributed by atoms with Gasteiger partial charge < -0.3 is 10.2 Å². The first-order valence-electron chi connectivity index (χ1n) is 7.70. The molecule has 3 atom stereocenters. The molecular weight excluding hydrogens is 224 g/mol. The SMILES string of the molecule is CN(C(=O)CC1CC2CCC1C2)C1CCNCC1. The van der Waals surface area contributed by atoms with Gasteiger partial charge in [-0.25, -0.2) is 0 Å². The summed E-state index contributed by atoms with van der Waals surface area (Å²) in [5, 5.41) is 3.37. The van der Waals surface area contributed by atoms with E-state index < -0.39 is 0 Å². The van der Waals surface area contributed by atoms with E-state index in [1.807, 2.05) is 11.9 Å². The number of hydrogen-bond donors (Lipinski definition) is 1. The van der Waals surface area contributed by atoms with Gasteiger partial charge in [0.1, 0.15) is 0 Å². The average molecular weight is 250 g/mol. The van der Waals surface area contributed by atoms with Crippen molar-refractivity contribution >= 4 is 5.91 Å². The highest BCUT2D eigenvalue weighted by molar-refractivity contribution is 5.76. The molecule has 2 bridgehead atoms. The predicted octanol–water partition coefficient (Wildman–Crippen LogP) is 2.02. The van der Waals surface area contributed by atoms with Crippen LogP contribution in [0.2, 0.25) is 0 Å². The van der Waals surface area contributed by atoms with E-state index in [0.29, 0.717) is 17.9 Å². The molecule has 1 N–H and O–H groups in total. The fraction of sp³-hybridized carbons (Fsp3) is 0.933. The Morgan fingerprint density at radius 2 is 1.94 bits per heavy atom. The van der Waals surface area contributed by atoms with E-state index in [9.17, 15) is 4.79 Å². The van der Waals surface area contributed by atoms with Gasteiger partial charge >= 0.3 is 0 Å². The molecule has 2 aliphatic carbocycles. The lowest BCUT2D eigenvalue weighted by Crippen LogP contribution is -2.44. The van der Waals surface area contributed by atoms with E-state index in [1.54, 1.807) is 0 Å². The summed E-state index contributed by atoms with van der Waals surface area (Å²) >= 11 is 0. The smallest absolute Gasteiger partial charge is 0.222 e. The van der Waals surface area contributed by atoms with Crippen molar-refractivity contribution in [3.8, 4) is 0 Å². The third-order valence-corrected chi connectivity index (χ3v) is 5.57. The number of amides is 1. The maximum absolute atomic E-state index is 12.4. The first kappa shape index (κ1) is 12.5. The van der Waals surface area contributed by atoms with Gasteiger partial charge in [0.15, 0.2) is 0 Å². The van der Waals surface area contributed by atoms with Crippen LogP contribution in [0.3, 0.4) is 0 Å². The molecule has 3 aliphatic rings. The van der Waals surface area contributed by atoms with E-state index in [4.69, 9.17) is 0 Å². The molecule has 0 aromatic rings. The van der Waals surface area contributed by atoms with E-state index >= 15 is 0 Å². The van der Waals surface area contributed by atoms with Crippen molar-refractivity contribution in [2.45, 2.75) is 51.0 Å². The van der Waals surface area contributed by atoms with Gasteiger partial charge in [0.25, 0.3) is 0 Å². The van der Waals surface area contributed by atoms with Crippen LogP contribution in [0.5, 0.6) is 0 Å². The summed E-state index contributed by atoms with van der Waals surface area (Å²) in [5.74, 6) is 2.94. The zero-order chi connectivity index (χ0) is 12.5. The molecule has 3 rings (SSSR count). The van der Waals surface area contributed by atoms with Crippen LogP contribution in [0, 0.1) is 17.8 Å². The largest absolute Gasteiger partial charge is 0.343 e. The number of nitrogens with one attached hydrogen (secondary N) is 1. The third kappa shape index (κ3) is 2.42. The van der Waals surface area contributed by atoms with Crippen molar-refractivity contribution in [1.29, 1.82) is 0 Å². The lowest BCUT2D eigenvalue weighted by atomic mass is 9.86. The quantitative estimate of drug-likeness (QED) is 0.831. The summed E-state index contributed by atoms with van der Waals surface area (Å²) in [5.41, 5.74) is 0. The van der Waals surface area contributed by atoms with E-state index in [1.165, 1.54) is 25.7 Å². The number of hydrogen-bond acceptors (Lipinski definition) is 2. The molecule has 3 unspecified atom stereocenters. The Labute approximate surface area is 110 Å². The molecule has 3 nitrogen and oxygen atoms in total. The summed E-state index contributed by atoms with van der Waals surface area (Å²) in [4.78, 5) is 14.4. The molecule has 1 saturated heterocycles. The van der Waals surface area contributed by atoms with Gasteiger partial charge in [-0.05, 0) is 62.9 Å². The lowest BCUT2D eigenvalue weighted by molar-refractivity contribution is -0.133. The molecule has 1 heterocycles. The molecule has 102 valence electrons. The number of fused-ring (bicyclic) bond motifs is 2. The standard InChI is InChI=1S/C15H26N2O/c1-17(14-4-6-16-7-5-14)15(18)10-13-9-11-2-3-12(13)8-11/h11-14,16H,2-10H2,1H3. The zero-order valence-electron chi connectivity index (χ0n) is 11.5. The monoisotopic (exact) mass is 250 g/mol. The molecule has 0 aromatic carbocycles. The molecule has 18 heavy (non-hydrogen) atoms. The predicted molar refractivity (Wildman–Crippen MR) is 72.2 cm³/mol. The Bertz CT molecular complexity index is 312. The van der Waals surface area contributed by atoms with Crippen LogP contribution in [-0.2, 0) is 4.79 Å². The zero-order valence-corrected chi connectivity index (χ0v) is 11.5. The highest BCUT2D eigenvalue weighted by Crippen LogP contribution is 2.49. The van der Waals surface area contributed by atoms with Crippen LogP contribution in [0.1, 0.15) is 44.9 Å². The minimum absolute atomic E-state index is 0.402. The van der Waals surface area contributed by atoms with Gasteiger partial charge in [-0.15, -0.1) is 0 Å². The van der Waals surface area contributed by atoms with Crippen molar-refractivity contribution in [2.75, 3.05) is 20.1 Å². The Morgan fingerprint density at radius 1 is 1.17 bits per heavy atom. The third-order valence-electron chi connectivity index (χ3n) is 5.57. The van der Waals surface area contributed by atoms with Gasteiger partial charge in [-0.2, -0.15) is 0 Å². The molecule has 0 aromatic heterocycles. The number of carbonyl (C=O) groups is 1. The topological polar surface area (TPSA) is 32.3 Å². The highest BCUT2D eigenvalue weighted by atomic mass is 16.2. The van der Waals surface area contributed by atoms with Crippen LogP contribution < -0.4 is 5.32 Å². The summed E-state index contributed by atoms with van der Waals surface area (Å²) in [6.45, 7) is 2.13. The van der Waals surface area contributed by atoms with Crippen LogP contribution in [0.4, 0.5) is 0 Å². The van der Waals surface area contributed by atoms with Gasteiger partial charge in [0.2, 0.25) is 5.91 Å². The fourth-order valence-electron chi connectivity index (χ4n) is 4.39. The summed E-state index contributed by atoms with van der Waals surface area (Å²) in [6, 6.07) is 0.484. The minimum atomic E-state index is 0.402. The van der Waals surface area contributed by atoms with Crippen LogP contribution in [0.25, 0.3) is 0 Å². The minimum Gasteiger partial charge on any atom is -0.343 e. The summed E-state index contributed by atoms with van der Waals surface area (Å²) in [6.07, 6.45) is 8.63. The van der Waals surface area contributed by atoms with Crippen molar-refractivity contribution in [1.82, 2.24) is 10.2 Å².